The molecule has 0 aliphatic heterocycles. The smallest absolute Gasteiger partial charge is 0.311 e. The second kappa shape index (κ2) is 13.2. The Morgan fingerprint density at radius 2 is 1.71 bits per heavy atom. The molecule has 0 fully saturated rings. The number of nitro benzene ring substituents is 1. The molecule has 0 unspecified atom stereocenters. The van der Waals surface area contributed by atoms with E-state index in [0.717, 1.165) is 16.7 Å². The van der Waals surface area contributed by atoms with E-state index >= 15 is 0 Å². The zero-order valence-electron chi connectivity index (χ0n) is 22.0. The Balaban J connectivity index is 1.91. The first-order valence-corrected chi connectivity index (χ1v) is 12.3. The number of methoxy groups -OCH3 is 1. The van der Waals surface area contributed by atoms with Crippen LogP contribution in [0.25, 0.3) is 0 Å². The van der Waals surface area contributed by atoms with E-state index in [1.165, 1.54) is 30.2 Å². The van der Waals surface area contributed by atoms with Crippen LogP contribution in [0, 0.1) is 17.0 Å². The van der Waals surface area contributed by atoms with Gasteiger partial charge in [0.05, 0.1) is 12.0 Å². The van der Waals surface area contributed by atoms with Gasteiger partial charge in [-0.2, -0.15) is 0 Å². The number of carbonyl (C=O) groups excluding carboxylic acids is 2. The zero-order chi connectivity index (χ0) is 27.7. The molecule has 0 aliphatic carbocycles. The van der Waals surface area contributed by atoms with E-state index in [2.05, 4.69) is 5.32 Å². The molecule has 0 saturated heterocycles. The van der Waals surface area contributed by atoms with Gasteiger partial charge in [-0.15, -0.1) is 0 Å². The summed E-state index contributed by atoms with van der Waals surface area (Å²) in [5, 5.41) is 14.1. The van der Waals surface area contributed by atoms with Gasteiger partial charge in [0.25, 0.3) is 5.91 Å². The first-order valence-electron chi connectivity index (χ1n) is 12.3. The molecule has 1 N–H and O–H groups in total. The van der Waals surface area contributed by atoms with Gasteiger partial charge in [-0.25, -0.2) is 0 Å². The first-order chi connectivity index (χ1) is 18.2. The summed E-state index contributed by atoms with van der Waals surface area (Å²) in [5.41, 5.74) is 2.63. The number of amides is 2. The molecule has 0 bridgehead atoms. The van der Waals surface area contributed by atoms with Crippen LogP contribution < -0.4 is 14.8 Å². The third-order valence-electron chi connectivity index (χ3n) is 5.85. The highest BCUT2D eigenvalue weighted by atomic mass is 16.6. The Kier molecular flexibility index (Phi) is 9.81. The average molecular weight is 520 g/mol. The lowest BCUT2D eigenvalue weighted by molar-refractivity contribution is -0.385. The van der Waals surface area contributed by atoms with Crippen LogP contribution in [-0.2, 0) is 22.6 Å². The average Bonchev–Trinajstić information content (AvgIpc) is 2.89. The fraction of sp³-hybridized carbons (Fsp3) is 0.310. The topological polar surface area (TPSA) is 111 Å². The molecule has 0 saturated carbocycles. The molecule has 38 heavy (non-hydrogen) atoms. The third kappa shape index (κ3) is 7.80. The number of aryl methyl sites for hydroxylation is 1. The van der Waals surface area contributed by atoms with Crippen molar-refractivity contribution in [3.63, 3.8) is 0 Å². The minimum atomic E-state index is -0.789. The van der Waals surface area contributed by atoms with E-state index in [4.69, 9.17) is 9.47 Å². The molecule has 3 aromatic rings. The summed E-state index contributed by atoms with van der Waals surface area (Å²) in [6.45, 7) is 5.54. The van der Waals surface area contributed by atoms with Gasteiger partial charge in [0, 0.05) is 31.1 Å². The third-order valence-corrected chi connectivity index (χ3v) is 5.85. The molecule has 3 rings (SSSR count). The second-order valence-electron chi connectivity index (χ2n) is 9.26. The van der Waals surface area contributed by atoms with Gasteiger partial charge < -0.3 is 19.7 Å². The number of ether oxygens (including phenoxy) is 2. The lowest BCUT2D eigenvalue weighted by atomic mass is 10.0. The van der Waals surface area contributed by atoms with Gasteiger partial charge in [0.15, 0.2) is 6.61 Å². The van der Waals surface area contributed by atoms with Crippen LogP contribution in [0.1, 0.15) is 30.5 Å². The van der Waals surface area contributed by atoms with Gasteiger partial charge in [-0.1, -0.05) is 60.2 Å². The van der Waals surface area contributed by atoms with Crippen molar-refractivity contribution in [2.75, 3.05) is 13.7 Å². The summed E-state index contributed by atoms with van der Waals surface area (Å²) in [6.07, 6.45) is 0.322. The number of nitro groups is 1. The molecule has 9 heteroatoms. The summed E-state index contributed by atoms with van der Waals surface area (Å²) in [4.78, 5) is 39.2. The monoisotopic (exact) mass is 519 g/mol. The van der Waals surface area contributed by atoms with Crippen LogP contribution in [0.5, 0.6) is 11.5 Å². The summed E-state index contributed by atoms with van der Waals surface area (Å²) >= 11 is 0. The lowest BCUT2D eigenvalue weighted by Gasteiger charge is -2.32. The number of benzene rings is 3. The fourth-order valence-electron chi connectivity index (χ4n) is 4.07. The van der Waals surface area contributed by atoms with Crippen molar-refractivity contribution in [3.8, 4) is 11.5 Å². The minimum Gasteiger partial charge on any atom is -0.490 e. The number of hydrogen-bond acceptors (Lipinski definition) is 6. The van der Waals surface area contributed by atoms with Gasteiger partial charge in [0.1, 0.15) is 11.8 Å². The summed E-state index contributed by atoms with van der Waals surface area (Å²) in [6, 6.07) is 20.4. The van der Waals surface area contributed by atoms with Gasteiger partial charge in [0.2, 0.25) is 11.7 Å². The van der Waals surface area contributed by atoms with Crippen molar-refractivity contribution in [3.05, 3.63) is 99.6 Å². The molecule has 1 atom stereocenters. The number of rotatable bonds is 12. The quantitative estimate of drug-likeness (QED) is 0.280. The molecule has 0 aliphatic rings. The molecule has 9 nitrogen and oxygen atoms in total. The van der Waals surface area contributed by atoms with Crippen LogP contribution in [0.4, 0.5) is 5.69 Å². The number of nitrogens with zero attached hydrogens (tertiary/aromatic N) is 2. The highest BCUT2D eigenvalue weighted by Crippen LogP contribution is 2.30. The summed E-state index contributed by atoms with van der Waals surface area (Å²) in [7, 11) is 1.32. The predicted octanol–water partition coefficient (Wildman–Crippen LogP) is 4.46. The minimum absolute atomic E-state index is 0.0230. The van der Waals surface area contributed by atoms with Crippen molar-refractivity contribution in [1.82, 2.24) is 10.2 Å². The molecule has 200 valence electrons. The van der Waals surface area contributed by atoms with Crippen LogP contribution in [-0.4, -0.2) is 47.4 Å². The van der Waals surface area contributed by atoms with Crippen LogP contribution in [0.2, 0.25) is 0 Å². The SMILES string of the molecule is COc1cc(OCC(=O)N(Cc2cccc(C)c2)[C@H](Cc2ccccc2)C(=O)NC(C)C)ccc1[N+](=O)[O-]. The fourth-order valence-corrected chi connectivity index (χ4v) is 4.07. The maximum Gasteiger partial charge on any atom is 0.311 e. The maximum atomic E-state index is 13.6. The van der Waals surface area contributed by atoms with E-state index < -0.39 is 16.9 Å². The van der Waals surface area contributed by atoms with E-state index in [-0.39, 0.29) is 42.3 Å². The molecular formula is C29H33N3O6. The zero-order valence-corrected chi connectivity index (χ0v) is 22.0. The molecule has 2 amide bonds. The predicted molar refractivity (Wildman–Crippen MR) is 144 cm³/mol. The van der Waals surface area contributed by atoms with Crippen molar-refractivity contribution >= 4 is 17.5 Å². The normalized spacial score (nSPS) is 11.5. The van der Waals surface area contributed by atoms with Crippen molar-refractivity contribution in [2.45, 2.75) is 45.8 Å². The van der Waals surface area contributed by atoms with E-state index in [0.29, 0.717) is 6.42 Å². The Morgan fingerprint density at radius 3 is 2.34 bits per heavy atom. The highest BCUT2D eigenvalue weighted by Gasteiger charge is 2.31. The number of hydrogen-bond donors (Lipinski definition) is 1. The van der Waals surface area contributed by atoms with E-state index in [9.17, 15) is 19.7 Å². The first kappa shape index (κ1) is 28.2. The highest BCUT2D eigenvalue weighted by molar-refractivity contribution is 5.88. The van der Waals surface area contributed by atoms with Crippen molar-refractivity contribution in [1.29, 1.82) is 0 Å². The Bertz CT molecular complexity index is 1260. The van der Waals surface area contributed by atoms with Crippen molar-refractivity contribution in [2.24, 2.45) is 0 Å². The van der Waals surface area contributed by atoms with Crippen LogP contribution in [0.3, 0.4) is 0 Å². The largest absolute Gasteiger partial charge is 0.490 e. The van der Waals surface area contributed by atoms with Gasteiger partial charge in [-0.05, 0) is 38.0 Å². The molecule has 0 radical (unpaired) electrons. The number of nitrogens with one attached hydrogen (secondary N) is 1. The molecule has 0 aromatic heterocycles. The van der Waals surface area contributed by atoms with E-state index in [1.807, 2.05) is 75.4 Å². The maximum absolute atomic E-state index is 13.6. The van der Waals surface area contributed by atoms with Crippen LogP contribution in [0.15, 0.2) is 72.8 Å². The standard InChI is InChI=1S/C29H33N3O6/c1-20(2)30-29(34)26(16-22-10-6-5-7-11-22)31(18-23-12-8-9-21(3)15-23)28(33)19-38-24-13-14-25(32(35)36)27(17-24)37-4/h5-15,17,20,26H,16,18-19H2,1-4H3,(H,30,34)/t26-/m1/s1. The van der Waals surface area contributed by atoms with Gasteiger partial charge in [-0.3, -0.25) is 19.7 Å². The Labute approximate surface area is 222 Å². The molecule has 0 spiro atoms. The second-order valence-corrected chi connectivity index (χ2v) is 9.26. The summed E-state index contributed by atoms with van der Waals surface area (Å²) in [5.74, 6) is -0.400. The van der Waals surface area contributed by atoms with E-state index in [1.54, 1.807) is 0 Å². The summed E-state index contributed by atoms with van der Waals surface area (Å²) < 4.78 is 10.8. The molecule has 3 aromatic carbocycles. The van der Waals surface area contributed by atoms with Crippen molar-refractivity contribution < 1.29 is 24.0 Å². The molecular weight excluding hydrogens is 486 g/mol. The number of carbonyl (C=O) groups is 2. The Hall–Kier alpha value is -4.40. The van der Waals surface area contributed by atoms with Gasteiger partial charge >= 0.3 is 5.69 Å². The van der Waals surface area contributed by atoms with Crippen LogP contribution >= 0.6 is 0 Å². The Morgan fingerprint density at radius 1 is 1.00 bits per heavy atom. The molecule has 0 heterocycles. The lowest BCUT2D eigenvalue weighted by Crippen LogP contribution is -2.52.